The SMILES string of the molecule is CC(NC(=O)C(C#N)=Cc1cn[nH]c1-c1cccc([N+](=O)[O-])c1)c1ccccc1. The van der Waals surface area contributed by atoms with Crippen LogP contribution in [-0.4, -0.2) is 21.0 Å². The maximum atomic E-state index is 12.6. The van der Waals surface area contributed by atoms with E-state index in [-0.39, 0.29) is 17.3 Å². The van der Waals surface area contributed by atoms with Crippen molar-refractivity contribution < 1.29 is 9.72 Å². The molecule has 8 nitrogen and oxygen atoms in total. The molecule has 0 radical (unpaired) electrons. The number of nitriles is 1. The van der Waals surface area contributed by atoms with Crippen LogP contribution in [0, 0.1) is 21.4 Å². The number of hydrogen-bond acceptors (Lipinski definition) is 5. The number of hydrogen-bond donors (Lipinski definition) is 2. The van der Waals surface area contributed by atoms with E-state index in [9.17, 15) is 20.2 Å². The number of carbonyl (C=O) groups excluding carboxylic acids is 1. The minimum atomic E-state index is -0.518. The zero-order valence-corrected chi connectivity index (χ0v) is 15.5. The van der Waals surface area contributed by atoms with E-state index in [1.807, 2.05) is 43.3 Å². The van der Waals surface area contributed by atoms with Crippen molar-refractivity contribution in [2.75, 3.05) is 0 Å². The van der Waals surface area contributed by atoms with Gasteiger partial charge in [-0.2, -0.15) is 10.4 Å². The van der Waals surface area contributed by atoms with Crippen molar-refractivity contribution in [1.29, 1.82) is 5.26 Å². The van der Waals surface area contributed by atoms with Crippen LogP contribution in [0.2, 0.25) is 0 Å². The van der Waals surface area contributed by atoms with E-state index in [1.165, 1.54) is 24.4 Å². The van der Waals surface area contributed by atoms with Gasteiger partial charge in [0.25, 0.3) is 11.6 Å². The highest BCUT2D eigenvalue weighted by Gasteiger charge is 2.16. The summed E-state index contributed by atoms with van der Waals surface area (Å²) < 4.78 is 0. The standard InChI is InChI=1S/C21H17N5O3/c1-14(15-6-3-2-4-7-15)24-21(27)17(12-22)10-18-13-23-25-20(18)16-8-5-9-19(11-16)26(28)29/h2-11,13-14H,1H3,(H,23,25)(H,24,27). The van der Waals surface area contributed by atoms with Crippen LogP contribution in [-0.2, 0) is 4.79 Å². The maximum Gasteiger partial charge on any atom is 0.270 e. The van der Waals surface area contributed by atoms with Gasteiger partial charge < -0.3 is 5.32 Å². The van der Waals surface area contributed by atoms with E-state index in [0.29, 0.717) is 16.8 Å². The molecule has 0 fully saturated rings. The Morgan fingerprint density at radius 2 is 2.03 bits per heavy atom. The summed E-state index contributed by atoms with van der Waals surface area (Å²) in [7, 11) is 0. The molecular weight excluding hydrogens is 370 g/mol. The lowest BCUT2D eigenvalue weighted by Gasteiger charge is -2.13. The number of aromatic nitrogens is 2. The van der Waals surface area contributed by atoms with Crippen molar-refractivity contribution in [2.24, 2.45) is 0 Å². The minimum absolute atomic E-state index is 0.0676. The molecule has 1 unspecified atom stereocenters. The number of nitro groups is 1. The van der Waals surface area contributed by atoms with Crippen molar-refractivity contribution >= 4 is 17.7 Å². The summed E-state index contributed by atoms with van der Waals surface area (Å²) in [6.07, 6.45) is 2.87. The van der Waals surface area contributed by atoms with E-state index < -0.39 is 10.8 Å². The number of benzene rings is 2. The van der Waals surface area contributed by atoms with Gasteiger partial charge in [-0.1, -0.05) is 42.5 Å². The number of nitro benzene ring substituents is 1. The number of amides is 1. The molecule has 0 saturated heterocycles. The molecule has 144 valence electrons. The fourth-order valence-electron chi connectivity index (χ4n) is 2.81. The van der Waals surface area contributed by atoms with E-state index >= 15 is 0 Å². The Balaban J connectivity index is 1.86. The van der Waals surface area contributed by atoms with Crippen molar-refractivity contribution in [3.63, 3.8) is 0 Å². The number of aromatic amines is 1. The third-order valence-corrected chi connectivity index (χ3v) is 4.33. The molecule has 0 aliphatic carbocycles. The zero-order valence-electron chi connectivity index (χ0n) is 15.5. The van der Waals surface area contributed by atoms with E-state index in [4.69, 9.17) is 0 Å². The molecule has 1 amide bonds. The van der Waals surface area contributed by atoms with Gasteiger partial charge in [-0.25, -0.2) is 0 Å². The minimum Gasteiger partial charge on any atom is -0.345 e. The normalized spacial score (nSPS) is 12.1. The fraction of sp³-hybridized carbons (Fsp3) is 0.0952. The Hall–Kier alpha value is -4.25. The second-order valence-corrected chi connectivity index (χ2v) is 6.28. The molecule has 8 heteroatoms. The smallest absolute Gasteiger partial charge is 0.270 e. The lowest BCUT2D eigenvalue weighted by molar-refractivity contribution is -0.384. The monoisotopic (exact) mass is 387 g/mol. The molecule has 2 N–H and O–H groups in total. The van der Waals surface area contributed by atoms with Crippen LogP contribution >= 0.6 is 0 Å². The Labute approximate surface area is 166 Å². The average Bonchev–Trinajstić information content (AvgIpc) is 3.20. The third kappa shape index (κ3) is 4.54. The lowest BCUT2D eigenvalue weighted by atomic mass is 10.0. The van der Waals surface area contributed by atoms with Crippen LogP contribution in [0.5, 0.6) is 0 Å². The number of nitrogens with one attached hydrogen (secondary N) is 2. The van der Waals surface area contributed by atoms with E-state index in [2.05, 4.69) is 15.5 Å². The van der Waals surface area contributed by atoms with Gasteiger partial charge in [0.2, 0.25) is 0 Å². The average molecular weight is 387 g/mol. The van der Waals surface area contributed by atoms with Gasteiger partial charge in [0.1, 0.15) is 11.6 Å². The molecule has 0 aliphatic rings. The van der Waals surface area contributed by atoms with Gasteiger partial charge in [0.05, 0.1) is 22.9 Å². The Kier molecular flexibility index (Phi) is 5.80. The second kappa shape index (κ2) is 8.63. The summed E-state index contributed by atoms with van der Waals surface area (Å²) in [5.41, 5.74) is 2.23. The Morgan fingerprint density at radius 1 is 1.28 bits per heavy atom. The maximum absolute atomic E-state index is 12.6. The Morgan fingerprint density at radius 3 is 2.72 bits per heavy atom. The molecule has 1 heterocycles. The first-order valence-electron chi connectivity index (χ1n) is 8.75. The highest BCUT2D eigenvalue weighted by molar-refractivity contribution is 6.02. The van der Waals surface area contributed by atoms with Gasteiger partial charge in [-0.05, 0) is 18.6 Å². The number of non-ortho nitro benzene ring substituents is 1. The Bertz CT molecular complexity index is 1110. The molecule has 2 aromatic carbocycles. The van der Waals surface area contributed by atoms with Gasteiger partial charge in [0, 0.05) is 23.3 Å². The van der Waals surface area contributed by atoms with Crippen LogP contribution in [0.25, 0.3) is 17.3 Å². The molecular formula is C21H17N5O3. The summed E-state index contributed by atoms with van der Waals surface area (Å²) in [5.74, 6) is -0.518. The van der Waals surface area contributed by atoms with Gasteiger partial charge >= 0.3 is 0 Å². The van der Waals surface area contributed by atoms with Crippen LogP contribution in [0.3, 0.4) is 0 Å². The van der Waals surface area contributed by atoms with Gasteiger partial charge in [0.15, 0.2) is 0 Å². The number of carbonyl (C=O) groups is 1. The topological polar surface area (TPSA) is 125 Å². The van der Waals surface area contributed by atoms with Crippen molar-refractivity contribution in [1.82, 2.24) is 15.5 Å². The second-order valence-electron chi connectivity index (χ2n) is 6.28. The van der Waals surface area contributed by atoms with Crippen molar-refractivity contribution in [3.8, 4) is 17.3 Å². The van der Waals surface area contributed by atoms with Crippen LogP contribution < -0.4 is 5.32 Å². The summed E-state index contributed by atoms with van der Waals surface area (Å²) >= 11 is 0. The van der Waals surface area contributed by atoms with Crippen LogP contribution in [0.4, 0.5) is 5.69 Å². The van der Waals surface area contributed by atoms with Crippen molar-refractivity contribution in [2.45, 2.75) is 13.0 Å². The van der Waals surface area contributed by atoms with E-state index in [0.717, 1.165) is 5.56 Å². The molecule has 0 bridgehead atoms. The molecule has 0 aliphatic heterocycles. The van der Waals surface area contributed by atoms with Crippen LogP contribution in [0.15, 0.2) is 66.4 Å². The first-order chi connectivity index (χ1) is 14.0. The predicted molar refractivity (Wildman–Crippen MR) is 107 cm³/mol. The molecule has 1 atom stereocenters. The number of rotatable bonds is 6. The number of H-pyrrole nitrogens is 1. The lowest BCUT2D eigenvalue weighted by Crippen LogP contribution is -2.27. The summed E-state index contributed by atoms with van der Waals surface area (Å²) in [4.78, 5) is 23.1. The van der Waals surface area contributed by atoms with E-state index in [1.54, 1.807) is 12.1 Å². The fourth-order valence-corrected chi connectivity index (χ4v) is 2.81. The van der Waals surface area contributed by atoms with Gasteiger partial charge in [-0.15, -0.1) is 0 Å². The first-order valence-corrected chi connectivity index (χ1v) is 8.75. The molecule has 1 aromatic heterocycles. The van der Waals surface area contributed by atoms with Crippen molar-refractivity contribution in [3.05, 3.63) is 87.6 Å². The predicted octanol–water partition coefficient (Wildman–Crippen LogP) is 3.77. The highest BCUT2D eigenvalue weighted by atomic mass is 16.6. The largest absolute Gasteiger partial charge is 0.345 e. The number of nitrogens with zero attached hydrogens (tertiary/aromatic N) is 3. The molecule has 0 saturated carbocycles. The zero-order chi connectivity index (χ0) is 20.8. The quantitative estimate of drug-likeness (QED) is 0.288. The third-order valence-electron chi connectivity index (χ3n) is 4.33. The summed E-state index contributed by atoms with van der Waals surface area (Å²) in [6, 6.07) is 17.0. The molecule has 0 spiro atoms. The highest BCUT2D eigenvalue weighted by Crippen LogP contribution is 2.26. The molecule has 3 rings (SSSR count). The summed E-state index contributed by atoms with van der Waals surface area (Å²) in [6.45, 7) is 1.83. The molecule has 29 heavy (non-hydrogen) atoms. The summed E-state index contributed by atoms with van der Waals surface area (Å²) in [5, 5.41) is 30.0. The van der Waals surface area contributed by atoms with Crippen LogP contribution in [0.1, 0.15) is 24.1 Å². The van der Waals surface area contributed by atoms with Gasteiger partial charge in [-0.3, -0.25) is 20.0 Å². The molecule has 3 aromatic rings. The first kappa shape index (κ1) is 19.5.